The number of hydrogen-bond acceptors (Lipinski definition) is 7. The SMILES string of the molecule is CCOC(=O)CSCc1cccc(-c2onc(C)c2NC(=O)OC(C)c2ccccc2Cl)c1. The second kappa shape index (κ2) is 11.8. The molecule has 1 N–H and O–H groups in total. The molecule has 1 aromatic heterocycles. The van der Waals surface area contributed by atoms with Gasteiger partial charge in [-0.1, -0.05) is 53.2 Å². The molecule has 1 heterocycles. The predicted molar refractivity (Wildman–Crippen MR) is 129 cm³/mol. The highest BCUT2D eigenvalue weighted by atomic mass is 35.5. The number of ether oxygens (including phenoxy) is 2. The predicted octanol–water partition coefficient (Wildman–Crippen LogP) is 6.41. The highest BCUT2D eigenvalue weighted by Gasteiger charge is 2.21. The van der Waals surface area contributed by atoms with E-state index in [2.05, 4.69) is 10.5 Å². The number of carbonyl (C=O) groups excluding carboxylic acids is 2. The topological polar surface area (TPSA) is 90.7 Å². The number of benzene rings is 2. The monoisotopic (exact) mass is 488 g/mol. The number of nitrogens with one attached hydrogen (secondary N) is 1. The summed E-state index contributed by atoms with van der Waals surface area (Å²) in [6.07, 6.45) is -1.18. The number of rotatable bonds is 9. The molecule has 1 atom stereocenters. The van der Waals surface area contributed by atoms with E-state index in [0.717, 1.165) is 11.1 Å². The van der Waals surface area contributed by atoms with Gasteiger partial charge < -0.3 is 14.0 Å². The van der Waals surface area contributed by atoms with E-state index in [1.165, 1.54) is 11.8 Å². The van der Waals surface area contributed by atoms with Crippen LogP contribution in [-0.4, -0.2) is 29.6 Å². The van der Waals surface area contributed by atoms with Crippen LogP contribution in [0, 0.1) is 6.92 Å². The van der Waals surface area contributed by atoms with E-state index in [1.807, 2.05) is 42.5 Å². The lowest BCUT2D eigenvalue weighted by atomic mass is 10.1. The van der Waals surface area contributed by atoms with Crippen LogP contribution < -0.4 is 5.32 Å². The third-order valence-electron chi connectivity index (χ3n) is 4.70. The Balaban J connectivity index is 1.68. The fraction of sp³-hybridized carbons (Fsp3) is 0.292. The average molecular weight is 489 g/mol. The number of carbonyl (C=O) groups is 2. The van der Waals surface area contributed by atoms with Crippen LogP contribution in [0.5, 0.6) is 0 Å². The first kappa shape index (κ1) is 24.7. The minimum Gasteiger partial charge on any atom is -0.465 e. The van der Waals surface area contributed by atoms with Crippen LogP contribution in [0.1, 0.15) is 36.8 Å². The van der Waals surface area contributed by atoms with Crippen LogP contribution in [0.3, 0.4) is 0 Å². The Morgan fingerprint density at radius 3 is 2.76 bits per heavy atom. The van der Waals surface area contributed by atoms with Gasteiger partial charge in [-0.2, -0.15) is 0 Å². The van der Waals surface area contributed by atoms with Crippen molar-refractivity contribution in [1.29, 1.82) is 0 Å². The van der Waals surface area contributed by atoms with E-state index in [4.69, 9.17) is 25.6 Å². The lowest BCUT2D eigenvalue weighted by molar-refractivity contribution is -0.139. The van der Waals surface area contributed by atoms with Gasteiger partial charge in [-0.05, 0) is 38.5 Å². The lowest BCUT2D eigenvalue weighted by Gasteiger charge is -2.15. The number of aryl methyl sites for hydroxylation is 1. The van der Waals surface area contributed by atoms with E-state index in [1.54, 1.807) is 26.8 Å². The molecule has 0 saturated heterocycles. The Hall–Kier alpha value is -2.97. The molecule has 33 heavy (non-hydrogen) atoms. The highest BCUT2D eigenvalue weighted by molar-refractivity contribution is 7.99. The fourth-order valence-electron chi connectivity index (χ4n) is 3.13. The van der Waals surface area contributed by atoms with Crippen LogP contribution >= 0.6 is 23.4 Å². The number of aromatic nitrogens is 1. The van der Waals surface area contributed by atoms with E-state index in [0.29, 0.717) is 40.1 Å². The largest absolute Gasteiger partial charge is 0.465 e. The Bertz CT molecular complexity index is 1120. The molecule has 0 saturated carbocycles. The third-order valence-corrected chi connectivity index (χ3v) is 6.02. The minimum atomic E-state index is -0.642. The Morgan fingerprint density at radius 1 is 1.21 bits per heavy atom. The van der Waals surface area contributed by atoms with Crippen molar-refractivity contribution in [1.82, 2.24) is 5.16 Å². The maximum atomic E-state index is 12.6. The van der Waals surface area contributed by atoms with Crippen molar-refractivity contribution in [2.45, 2.75) is 32.6 Å². The molecule has 3 aromatic rings. The zero-order valence-electron chi connectivity index (χ0n) is 18.6. The summed E-state index contributed by atoms with van der Waals surface area (Å²) >= 11 is 7.66. The summed E-state index contributed by atoms with van der Waals surface area (Å²) in [5, 5.41) is 7.27. The Kier molecular flexibility index (Phi) is 8.79. The van der Waals surface area contributed by atoms with Gasteiger partial charge in [0, 0.05) is 21.9 Å². The van der Waals surface area contributed by atoms with Gasteiger partial charge in [-0.3, -0.25) is 10.1 Å². The van der Waals surface area contributed by atoms with Gasteiger partial charge in [0.2, 0.25) is 0 Å². The first-order valence-electron chi connectivity index (χ1n) is 10.4. The summed E-state index contributed by atoms with van der Waals surface area (Å²) in [4.78, 5) is 24.1. The van der Waals surface area contributed by atoms with Gasteiger partial charge in [0.05, 0.1) is 12.4 Å². The Morgan fingerprint density at radius 2 is 2.00 bits per heavy atom. The molecule has 0 bridgehead atoms. The lowest BCUT2D eigenvalue weighted by Crippen LogP contribution is -2.17. The maximum absolute atomic E-state index is 12.6. The molecule has 0 radical (unpaired) electrons. The molecule has 0 fully saturated rings. The second-order valence-electron chi connectivity index (χ2n) is 7.16. The van der Waals surface area contributed by atoms with E-state index >= 15 is 0 Å². The van der Waals surface area contributed by atoms with Crippen molar-refractivity contribution in [3.8, 4) is 11.3 Å². The quantitative estimate of drug-likeness (QED) is 0.348. The Labute approximate surface area is 201 Å². The highest BCUT2D eigenvalue weighted by Crippen LogP contribution is 2.33. The van der Waals surface area contributed by atoms with Crippen LogP contribution in [0.2, 0.25) is 5.02 Å². The van der Waals surface area contributed by atoms with Crippen molar-refractivity contribution in [2.24, 2.45) is 0 Å². The molecule has 0 aliphatic carbocycles. The van der Waals surface area contributed by atoms with Gasteiger partial charge in [-0.15, -0.1) is 11.8 Å². The molecular weight excluding hydrogens is 464 g/mol. The van der Waals surface area contributed by atoms with Gasteiger partial charge in [-0.25, -0.2) is 4.79 Å². The fourth-order valence-corrected chi connectivity index (χ4v) is 4.19. The summed E-state index contributed by atoms with van der Waals surface area (Å²) in [7, 11) is 0. The number of anilines is 1. The molecule has 0 aliphatic heterocycles. The van der Waals surface area contributed by atoms with Crippen molar-refractivity contribution in [2.75, 3.05) is 17.7 Å². The molecule has 1 amide bonds. The number of amides is 1. The van der Waals surface area contributed by atoms with Crippen LogP contribution in [0.15, 0.2) is 53.1 Å². The first-order valence-corrected chi connectivity index (χ1v) is 11.9. The van der Waals surface area contributed by atoms with Crippen molar-refractivity contribution < 1.29 is 23.6 Å². The van der Waals surface area contributed by atoms with Gasteiger partial charge in [0.1, 0.15) is 17.5 Å². The molecule has 7 nitrogen and oxygen atoms in total. The molecule has 1 unspecified atom stereocenters. The standard InChI is InChI=1S/C24H25ClN2O5S/c1-4-30-21(28)14-33-13-17-8-7-9-18(12-17)23-22(15(2)27-32-23)26-24(29)31-16(3)19-10-5-6-11-20(19)25/h5-12,16H,4,13-14H2,1-3H3,(H,26,29). The first-order chi connectivity index (χ1) is 15.9. The summed E-state index contributed by atoms with van der Waals surface area (Å²) < 4.78 is 16.0. The molecular formula is C24H25ClN2O5S. The van der Waals surface area contributed by atoms with E-state index in [9.17, 15) is 9.59 Å². The molecule has 0 spiro atoms. The molecule has 9 heteroatoms. The van der Waals surface area contributed by atoms with Gasteiger partial charge in [0.15, 0.2) is 5.76 Å². The van der Waals surface area contributed by atoms with E-state index < -0.39 is 12.2 Å². The zero-order valence-corrected chi connectivity index (χ0v) is 20.2. The second-order valence-corrected chi connectivity index (χ2v) is 8.56. The van der Waals surface area contributed by atoms with Gasteiger partial charge >= 0.3 is 12.1 Å². The number of halogens is 1. The van der Waals surface area contributed by atoms with Crippen molar-refractivity contribution in [3.05, 3.63) is 70.4 Å². The summed E-state index contributed by atoms with van der Waals surface area (Å²) in [6, 6.07) is 14.8. The molecule has 2 aromatic carbocycles. The summed E-state index contributed by atoms with van der Waals surface area (Å²) in [6.45, 7) is 5.64. The zero-order chi connectivity index (χ0) is 23.8. The molecule has 174 valence electrons. The minimum absolute atomic E-state index is 0.236. The molecule has 3 rings (SSSR count). The third kappa shape index (κ3) is 6.76. The number of thioether (sulfide) groups is 1. The smallest absolute Gasteiger partial charge is 0.412 e. The van der Waals surface area contributed by atoms with E-state index in [-0.39, 0.29) is 11.7 Å². The number of nitrogens with zero attached hydrogens (tertiary/aromatic N) is 1. The molecule has 0 aliphatic rings. The maximum Gasteiger partial charge on any atom is 0.412 e. The number of hydrogen-bond donors (Lipinski definition) is 1. The normalized spacial score (nSPS) is 11.6. The number of esters is 1. The summed E-state index contributed by atoms with van der Waals surface area (Å²) in [5.41, 5.74) is 3.41. The van der Waals surface area contributed by atoms with Crippen LogP contribution in [-0.2, 0) is 20.0 Å². The van der Waals surface area contributed by atoms with Gasteiger partial charge in [0.25, 0.3) is 0 Å². The van der Waals surface area contributed by atoms with Crippen LogP contribution in [0.25, 0.3) is 11.3 Å². The average Bonchev–Trinajstić information content (AvgIpc) is 3.14. The van der Waals surface area contributed by atoms with Crippen molar-refractivity contribution >= 4 is 41.1 Å². The van der Waals surface area contributed by atoms with Crippen molar-refractivity contribution in [3.63, 3.8) is 0 Å². The summed E-state index contributed by atoms with van der Waals surface area (Å²) in [5.74, 6) is 1.09. The van der Waals surface area contributed by atoms with Crippen LogP contribution in [0.4, 0.5) is 10.5 Å².